The van der Waals surface area contributed by atoms with Gasteiger partial charge in [-0.15, -0.1) is 0 Å². The van der Waals surface area contributed by atoms with Gasteiger partial charge in [-0.05, 0) is 44.5 Å². The lowest BCUT2D eigenvalue weighted by molar-refractivity contribution is -0.117. The molecule has 2 heterocycles. The lowest BCUT2D eigenvalue weighted by Gasteiger charge is -2.11. The van der Waals surface area contributed by atoms with Crippen LogP contribution in [0.2, 0.25) is 0 Å². The molecule has 1 aliphatic rings. The number of pyridine rings is 1. The standard InChI is InChI=1S/C13H19N3O2/c1-2-18-13-11(4-3-6-15-13)16-12(17)8-10-5-7-14-9-10/h3-4,6,10,14H,2,5,7-9H2,1H3,(H,16,17). The Morgan fingerprint density at radius 3 is 3.28 bits per heavy atom. The lowest BCUT2D eigenvalue weighted by Crippen LogP contribution is -2.19. The van der Waals surface area contributed by atoms with Crippen molar-refractivity contribution in [1.82, 2.24) is 10.3 Å². The normalized spacial score (nSPS) is 18.6. The van der Waals surface area contributed by atoms with Gasteiger partial charge in [0.2, 0.25) is 11.8 Å². The largest absolute Gasteiger partial charge is 0.476 e. The molecule has 1 atom stereocenters. The summed E-state index contributed by atoms with van der Waals surface area (Å²) in [7, 11) is 0. The number of hydrogen-bond donors (Lipinski definition) is 2. The summed E-state index contributed by atoms with van der Waals surface area (Å²) in [5, 5.41) is 6.12. The van der Waals surface area contributed by atoms with E-state index < -0.39 is 0 Å². The summed E-state index contributed by atoms with van der Waals surface area (Å²) in [6.45, 7) is 4.37. The Labute approximate surface area is 107 Å². The van der Waals surface area contributed by atoms with Gasteiger partial charge in [0.15, 0.2) is 0 Å². The summed E-state index contributed by atoms with van der Waals surface area (Å²) in [6.07, 6.45) is 3.27. The van der Waals surface area contributed by atoms with Crippen LogP contribution in [-0.4, -0.2) is 30.6 Å². The predicted octanol–water partition coefficient (Wildman–Crippen LogP) is 1.42. The van der Waals surface area contributed by atoms with Gasteiger partial charge in [0.25, 0.3) is 0 Å². The molecule has 1 aromatic heterocycles. The van der Waals surface area contributed by atoms with E-state index in [4.69, 9.17) is 4.74 Å². The van der Waals surface area contributed by atoms with Gasteiger partial charge in [-0.3, -0.25) is 4.79 Å². The van der Waals surface area contributed by atoms with Crippen molar-refractivity contribution in [2.75, 3.05) is 25.0 Å². The van der Waals surface area contributed by atoms with Gasteiger partial charge in [0, 0.05) is 12.6 Å². The Kier molecular flexibility index (Phi) is 4.52. The van der Waals surface area contributed by atoms with Gasteiger partial charge in [0.05, 0.1) is 6.61 Å². The van der Waals surface area contributed by atoms with Gasteiger partial charge < -0.3 is 15.4 Å². The zero-order chi connectivity index (χ0) is 12.8. The van der Waals surface area contributed by atoms with Gasteiger partial charge in [0.1, 0.15) is 5.69 Å². The summed E-state index contributed by atoms with van der Waals surface area (Å²) in [5.74, 6) is 0.952. The Hall–Kier alpha value is -1.62. The molecule has 18 heavy (non-hydrogen) atoms. The number of carbonyl (C=O) groups excluding carboxylic acids is 1. The van der Waals surface area contributed by atoms with Crippen LogP contribution < -0.4 is 15.4 Å². The van der Waals surface area contributed by atoms with Crippen molar-refractivity contribution in [3.63, 3.8) is 0 Å². The van der Waals surface area contributed by atoms with Crippen molar-refractivity contribution in [3.8, 4) is 5.88 Å². The zero-order valence-electron chi connectivity index (χ0n) is 10.6. The number of nitrogens with zero attached hydrogens (tertiary/aromatic N) is 1. The van der Waals surface area contributed by atoms with Gasteiger partial charge in [-0.1, -0.05) is 0 Å². The predicted molar refractivity (Wildman–Crippen MR) is 69.6 cm³/mol. The number of rotatable bonds is 5. The maximum absolute atomic E-state index is 11.9. The van der Waals surface area contributed by atoms with E-state index in [1.165, 1.54) is 0 Å². The molecule has 0 saturated carbocycles. The van der Waals surface area contributed by atoms with Crippen molar-refractivity contribution >= 4 is 11.6 Å². The molecule has 0 bridgehead atoms. The number of carbonyl (C=O) groups is 1. The van der Waals surface area contributed by atoms with E-state index >= 15 is 0 Å². The quantitative estimate of drug-likeness (QED) is 0.828. The molecule has 0 spiro atoms. The van der Waals surface area contributed by atoms with Crippen molar-refractivity contribution in [2.45, 2.75) is 19.8 Å². The number of aromatic nitrogens is 1. The summed E-state index contributed by atoms with van der Waals surface area (Å²) in [5.41, 5.74) is 0.648. The highest BCUT2D eigenvalue weighted by atomic mass is 16.5. The number of anilines is 1. The third-order valence-electron chi connectivity index (χ3n) is 2.96. The fraction of sp³-hybridized carbons (Fsp3) is 0.538. The first-order chi connectivity index (χ1) is 8.79. The van der Waals surface area contributed by atoms with Crippen molar-refractivity contribution in [2.24, 2.45) is 5.92 Å². The van der Waals surface area contributed by atoms with E-state index in [1.807, 2.05) is 13.0 Å². The molecule has 1 amide bonds. The highest BCUT2D eigenvalue weighted by Gasteiger charge is 2.18. The second-order valence-electron chi connectivity index (χ2n) is 4.40. The summed E-state index contributed by atoms with van der Waals surface area (Å²) >= 11 is 0. The van der Waals surface area contributed by atoms with Crippen LogP contribution in [0.3, 0.4) is 0 Å². The summed E-state index contributed by atoms with van der Waals surface area (Å²) < 4.78 is 5.37. The molecule has 2 rings (SSSR count). The van der Waals surface area contributed by atoms with E-state index in [9.17, 15) is 4.79 Å². The molecule has 0 aromatic carbocycles. The molecular weight excluding hydrogens is 230 g/mol. The zero-order valence-corrected chi connectivity index (χ0v) is 10.6. The molecule has 1 fully saturated rings. The van der Waals surface area contributed by atoms with Gasteiger partial charge in [-0.25, -0.2) is 4.98 Å². The Morgan fingerprint density at radius 1 is 1.67 bits per heavy atom. The van der Waals surface area contributed by atoms with Crippen LogP contribution in [0.15, 0.2) is 18.3 Å². The van der Waals surface area contributed by atoms with Gasteiger partial charge >= 0.3 is 0 Å². The van der Waals surface area contributed by atoms with E-state index in [2.05, 4.69) is 15.6 Å². The highest BCUT2D eigenvalue weighted by molar-refractivity contribution is 5.92. The van der Waals surface area contributed by atoms with E-state index in [1.54, 1.807) is 12.3 Å². The SMILES string of the molecule is CCOc1ncccc1NC(=O)CC1CCNC1. The maximum Gasteiger partial charge on any atom is 0.237 e. The first-order valence-electron chi connectivity index (χ1n) is 6.38. The Bertz CT molecular complexity index is 403. The molecule has 0 aliphatic carbocycles. The fourth-order valence-electron chi connectivity index (χ4n) is 2.09. The summed E-state index contributed by atoms with van der Waals surface area (Å²) in [4.78, 5) is 16.0. The molecule has 5 nitrogen and oxygen atoms in total. The third kappa shape index (κ3) is 3.43. The minimum absolute atomic E-state index is 0.0256. The van der Waals surface area contributed by atoms with Crippen LogP contribution in [0.25, 0.3) is 0 Å². The first kappa shape index (κ1) is 12.8. The molecule has 2 N–H and O–H groups in total. The molecule has 98 valence electrons. The van der Waals surface area contributed by atoms with Crippen molar-refractivity contribution in [3.05, 3.63) is 18.3 Å². The average molecular weight is 249 g/mol. The number of nitrogens with one attached hydrogen (secondary N) is 2. The highest BCUT2D eigenvalue weighted by Crippen LogP contribution is 2.21. The summed E-state index contributed by atoms with van der Waals surface area (Å²) in [6, 6.07) is 3.60. The second-order valence-corrected chi connectivity index (χ2v) is 4.40. The smallest absolute Gasteiger partial charge is 0.237 e. The number of hydrogen-bond acceptors (Lipinski definition) is 4. The number of amides is 1. The topological polar surface area (TPSA) is 63.2 Å². The van der Waals surface area contributed by atoms with Crippen LogP contribution in [0.1, 0.15) is 19.8 Å². The lowest BCUT2D eigenvalue weighted by atomic mass is 10.0. The van der Waals surface area contributed by atoms with Crippen molar-refractivity contribution < 1.29 is 9.53 Å². The van der Waals surface area contributed by atoms with Crippen molar-refractivity contribution in [1.29, 1.82) is 0 Å². The van der Waals surface area contributed by atoms with E-state index in [-0.39, 0.29) is 5.91 Å². The van der Waals surface area contributed by atoms with Crippen LogP contribution >= 0.6 is 0 Å². The molecule has 1 saturated heterocycles. The average Bonchev–Trinajstić information content (AvgIpc) is 2.84. The molecule has 1 unspecified atom stereocenters. The van der Waals surface area contributed by atoms with Gasteiger partial charge in [-0.2, -0.15) is 0 Å². The third-order valence-corrected chi connectivity index (χ3v) is 2.96. The molecule has 1 aliphatic heterocycles. The van der Waals surface area contributed by atoms with Crippen LogP contribution in [0, 0.1) is 5.92 Å². The van der Waals surface area contributed by atoms with E-state index in [0.717, 1.165) is 19.5 Å². The molecular formula is C13H19N3O2. The molecule has 1 aromatic rings. The monoisotopic (exact) mass is 249 g/mol. The van der Waals surface area contributed by atoms with Crippen LogP contribution in [0.5, 0.6) is 5.88 Å². The Balaban J connectivity index is 1.93. The molecule has 0 radical (unpaired) electrons. The van der Waals surface area contributed by atoms with Crippen LogP contribution in [-0.2, 0) is 4.79 Å². The number of ether oxygens (including phenoxy) is 1. The van der Waals surface area contributed by atoms with Crippen LogP contribution in [0.4, 0.5) is 5.69 Å². The second kappa shape index (κ2) is 6.35. The minimum Gasteiger partial charge on any atom is -0.476 e. The maximum atomic E-state index is 11.9. The minimum atomic E-state index is 0.0256. The Morgan fingerprint density at radius 2 is 2.56 bits per heavy atom. The first-order valence-corrected chi connectivity index (χ1v) is 6.38. The van der Waals surface area contributed by atoms with E-state index in [0.29, 0.717) is 30.5 Å². The fourth-order valence-corrected chi connectivity index (χ4v) is 2.09. The molecule has 5 heteroatoms.